The second-order valence-electron chi connectivity index (χ2n) is 4.96. The Morgan fingerprint density at radius 1 is 1.50 bits per heavy atom. The van der Waals surface area contributed by atoms with Crippen molar-refractivity contribution in [3.8, 4) is 0 Å². The summed E-state index contributed by atoms with van der Waals surface area (Å²) in [6.07, 6.45) is 2.73. The van der Waals surface area contributed by atoms with Gasteiger partial charge in [-0.05, 0) is 19.4 Å². The lowest BCUT2D eigenvalue weighted by atomic mass is 10.1. The number of hydrogen-bond donors (Lipinski definition) is 2. The molecular weight excluding hydrogens is 339 g/mol. The molecule has 1 aromatic heterocycles. The van der Waals surface area contributed by atoms with Crippen LogP contribution in [0.5, 0.6) is 0 Å². The Hall–Kier alpha value is -2.41. The highest BCUT2D eigenvalue weighted by atomic mass is 35.5. The van der Waals surface area contributed by atoms with Gasteiger partial charge < -0.3 is 19.8 Å². The van der Waals surface area contributed by atoms with Crippen LogP contribution in [-0.4, -0.2) is 30.4 Å². The molecule has 0 aliphatic carbocycles. The number of hydrogen-bond acceptors (Lipinski definition) is 5. The molecule has 0 radical (unpaired) electrons. The number of aldehydes is 1. The number of anilines is 1. The minimum Gasteiger partial charge on any atom is -0.462 e. The van der Waals surface area contributed by atoms with Crippen LogP contribution in [0.25, 0.3) is 10.9 Å². The molecule has 24 heavy (non-hydrogen) atoms. The van der Waals surface area contributed by atoms with Gasteiger partial charge in [0, 0.05) is 19.2 Å². The highest BCUT2D eigenvalue weighted by Gasteiger charge is 2.20. The zero-order chi connectivity index (χ0) is 17.7. The zero-order valence-electron chi connectivity index (χ0n) is 12.9. The summed E-state index contributed by atoms with van der Waals surface area (Å²) in [7, 11) is 0. The van der Waals surface area contributed by atoms with Crippen LogP contribution in [0.2, 0.25) is 5.02 Å². The molecule has 8 heteroatoms. The second-order valence-corrected chi connectivity index (χ2v) is 5.36. The summed E-state index contributed by atoms with van der Waals surface area (Å²) in [6, 6.07) is 1.28. The van der Waals surface area contributed by atoms with E-state index in [2.05, 4.69) is 10.3 Å². The first-order valence-corrected chi connectivity index (χ1v) is 7.77. The summed E-state index contributed by atoms with van der Waals surface area (Å²) in [5.41, 5.74) is -0.689. The lowest BCUT2D eigenvalue weighted by Crippen LogP contribution is -2.20. The minimum atomic E-state index is -0.790. The number of carbonyl (C=O) groups excluding carboxylic acids is 2. The molecule has 2 rings (SSSR count). The van der Waals surface area contributed by atoms with Crippen LogP contribution >= 0.6 is 11.6 Å². The van der Waals surface area contributed by atoms with Gasteiger partial charge >= 0.3 is 5.97 Å². The molecule has 0 spiro atoms. The molecule has 0 fully saturated rings. The molecule has 0 aliphatic heterocycles. The highest BCUT2D eigenvalue weighted by molar-refractivity contribution is 6.32. The molecule has 2 N–H and O–H groups in total. The molecule has 1 heterocycles. The number of pyridine rings is 1. The first-order valence-electron chi connectivity index (χ1n) is 7.39. The Balaban J connectivity index is 2.57. The first kappa shape index (κ1) is 17.9. The zero-order valence-corrected chi connectivity index (χ0v) is 13.7. The SMILES string of the molecule is CCOC(=O)c1c[nH]c2cc(Cl)c(F)c(NCCCC=O)c2c1=O. The van der Waals surface area contributed by atoms with Crippen molar-refractivity contribution in [2.45, 2.75) is 19.8 Å². The molecule has 0 saturated carbocycles. The molecule has 6 nitrogen and oxygen atoms in total. The molecule has 2 aromatic rings. The average molecular weight is 355 g/mol. The maximum atomic E-state index is 14.4. The van der Waals surface area contributed by atoms with Gasteiger partial charge in [0.05, 0.1) is 28.2 Å². The van der Waals surface area contributed by atoms with E-state index in [1.165, 1.54) is 12.3 Å². The largest absolute Gasteiger partial charge is 0.462 e. The summed E-state index contributed by atoms with van der Waals surface area (Å²) < 4.78 is 19.2. The van der Waals surface area contributed by atoms with Gasteiger partial charge in [-0.2, -0.15) is 0 Å². The van der Waals surface area contributed by atoms with Gasteiger partial charge in [-0.15, -0.1) is 0 Å². The number of carbonyl (C=O) groups is 2. The smallest absolute Gasteiger partial charge is 0.343 e. The Bertz CT molecular complexity index is 835. The Labute approximate surface area is 142 Å². The lowest BCUT2D eigenvalue weighted by molar-refractivity contribution is -0.107. The van der Waals surface area contributed by atoms with Crippen LogP contribution in [0, 0.1) is 5.82 Å². The molecule has 0 unspecified atom stereocenters. The normalized spacial score (nSPS) is 10.6. The number of fused-ring (bicyclic) bond motifs is 1. The molecular formula is C16H16ClFN2O4. The quantitative estimate of drug-likeness (QED) is 0.453. The number of rotatable bonds is 7. The summed E-state index contributed by atoms with van der Waals surface area (Å²) in [4.78, 5) is 37.6. The third-order valence-corrected chi connectivity index (χ3v) is 3.63. The van der Waals surface area contributed by atoms with E-state index in [4.69, 9.17) is 16.3 Å². The predicted octanol–water partition coefficient (Wildman–Crippen LogP) is 2.89. The number of aromatic nitrogens is 1. The standard InChI is InChI=1S/C16H16ClFN2O4/c1-2-24-16(23)9-8-20-11-7-10(17)13(18)14(12(11)15(9)22)19-5-3-4-6-21/h6-8,19H,2-5H2,1H3,(H,20,22). The fourth-order valence-electron chi connectivity index (χ4n) is 2.25. The van der Waals surface area contributed by atoms with E-state index in [1.807, 2.05) is 0 Å². The molecule has 0 saturated heterocycles. The van der Waals surface area contributed by atoms with Crippen molar-refractivity contribution < 1.29 is 18.7 Å². The number of ether oxygens (including phenoxy) is 1. The third-order valence-electron chi connectivity index (χ3n) is 3.36. The van der Waals surface area contributed by atoms with Crippen molar-refractivity contribution >= 4 is 40.4 Å². The number of unbranched alkanes of at least 4 members (excludes halogenated alkanes) is 1. The van der Waals surface area contributed by atoms with Gasteiger partial charge in [-0.1, -0.05) is 11.6 Å². The topological polar surface area (TPSA) is 88.3 Å². The number of H-pyrrole nitrogens is 1. The van der Waals surface area contributed by atoms with Crippen LogP contribution in [-0.2, 0) is 9.53 Å². The minimum absolute atomic E-state index is 0.0199. The van der Waals surface area contributed by atoms with E-state index in [-0.39, 0.29) is 40.3 Å². The lowest BCUT2D eigenvalue weighted by Gasteiger charge is -2.12. The van der Waals surface area contributed by atoms with Crippen molar-refractivity contribution in [2.75, 3.05) is 18.5 Å². The Morgan fingerprint density at radius 3 is 2.92 bits per heavy atom. The van der Waals surface area contributed by atoms with Crippen molar-refractivity contribution in [2.24, 2.45) is 0 Å². The maximum absolute atomic E-state index is 14.4. The fourth-order valence-corrected chi connectivity index (χ4v) is 2.45. The summed E-state index contributed by atoms with van der Waals surface area (Å²) in [5.74, 6) is -1.58. The van der Waals surface area contributed by atoms with E-state index in [0.717, 1.165) is 6.29 Å². The van der Waals surface area contributed by atoms with Gasteiger partial charge in [0.25, 0.3) is 0 Å². The van der Waals surface area contributed by atoms with E-state index < -0.39 is 17.2 Å². The number of halogens is 2. The van der Waals surface area contributed by atoms with Gasteiger partial charge in [0.2, 0.25) is 5.43 Å². The van der Waals surface area contributed by atoms with Gasteiger partial charge in [-0.3, -0.25) is 4.79 Å². The molecule has 0 amide bonds. The number of aromatic amines is 1. The molecule has 1 aromatic carbocycles. The van der Waals surface area contributed by atoms with Gasteiger partial charge in [-0.25, -0.2) is 9.18 Å². The maximum Gasteiger partial charge on any atom is 0.343 e. The van der Waals surface area contributed by atoms with E-state index in [0.29, 0.717) is 12.8 Å². The summed E-state index contributed by atoms with van der Waals surface area (Å²) in [5, 5.41) is 2.59. The van der Waals surface area contributed by atoms with Crippen molar-refractivity contribution in [3.63, 3.8) is 0 Å². The Morgan fingerprint density at radius 2 is 2.25 bits per heavy atom. The van der Waals surface area contributed by atoms with E-state index in [1.54, 1.807) is 6.92 Å². The highest BCUT2D eigenvalue weighted by Crippen LogP contribution is 2.29. The fraction of sp³-hybridized carbons (Fsp3) is 0.312. The van der Waals surface area contributed by atoms with E-state index in [9.17, 15) is 18.8 Å². The monoisotopic (exact) mass is 354 g/mol. The predicted molar refractivity (Wildman–Crippen MR) is 89.3 cm³/mol. The van der Waals surface area contributed by atoms with Crippen LogP contribution in [0.15, 0.2) is 17.1 Å². The van der Waals surface area contributed by atoms with Crippen LogP contribution in [0.4, 0.5) is 10.1 Å². The third kappa shape index (κ3) is 3.56. The van der Waals surface area contributed by atoms with Crippen molar-refractivity contribution in [1.29, 1.82) is 0 Å². The molecule has 0 atom stereocenters. The number of benzene rings is 1. The Kier molecular flexibility index (Phi) is 5.92. The van der Waals surface area contributed by atoms with Gasteiger partial charge in [0.15, 0.2) is 5.82 Å². The molecule has 0 aliphatic rings. The summed E-state index contributed by atoms with van der Waals surface area (Å²) in [6.45, 7) is 2.00. The molecule has 0 bridgehead atoms. The average Bonchev–Trinajstić information content (AvgIpc) is 2.55. The second kappa shape index (κ2) is 7.92. The van der Waals surface area contributed by atoms with Crippen molar-refractivity contribution in [3.05, 3.63) is 38.9 Å². The van der Waals surface area contributed by atoms with E-state index >= 15 is 0 Å². The van der Waals surface area contributed by atoms with Gasteiger partial charge in [0.1, 0.15) is 11.8 Å². The number of nitrogens with one attached hydrogen (secondary N) is 2. The van der Waals surface area contributed by atoms with Crippen LogP contribution in [0.3, 0.4) is 0 Å². The molecule has 128 valence electrons. The van der Waals surface area contributed by atoms with Crippen LogP contribution < -0.4 is 10.7 Å². The van der Waals surface area contributed by atoms with Crippen LogP contribution in [0.1, 0.15) is 30.1 Å². The first-order chi connectivity index (χ1) is 11.5. The van der Waals surface area contributed by atoms with Crippen molar-refractivity contribution in [1.82, 2.24) is 4.98 Å². The summed E-state index contributed by atoms with van der Waals surface area (Å²) >= 11 is 5.85. The number of esters is 1.